The fourth-order valence-corrected chi connectivity index (χ4v) is 4.19. The first-order chi connectivity index (χ1) is 13.4. The van der Waals surface area contributed by atoms with Crippen LogP contribution in [0.4, 0.5) is 4.39 Å². The highest BCUT2D eigenvalue weighted by Crippen LogP contribution is 2.38. The topological polar surface area (TPSA) is 110 Å². The third-order valence-corrected chi connectivity index (χ3v) is 7.26. The van der Waals surface area contributed by atoms with E-state index in [0.29, 0.717) is 0 Å². The normalized spacial score (nSPS) is 47.5. The lowest BCUT2D eigenvalue weighted by Crippen LogP contribution is -2.57. The number of halogens is 1. The van der Waals surface area contributed by atoms with E-state index in [1.807, 2.05) is 0 Å². The zero-order valence-corrected chi connectivity index (χ0v) is 19.5. The van der Waals surface area contributed by atoms with Gasteiger partial charge in [0, 0.05) is 24.9 Å². The van der Waals surface area contributed by atoms with Crippen molar-refractivity contribution in [1.29, 1.82) is 0 Å². The maximum absolute atomic E-state index is 15.3. The molecule has 0 unspecified atom stereocenters. The lowest BCUT2D eigenvalue weighted by Gasteiger charge is -2.42. The predicted octanol–water partition coefficient (Wildman–Crippen LogP) is 2.25. The average molecular weight is 433 g/mol. The molecule has 0 aromatic carbocycles. The third-order valence-electron chi connectivity index (χ3n) is 7.26. The molecule has 0 spiro atoms. The molecule has 0 bridgehead atoms. The number of Topliss-reactive ketones (excluding diaryl/α,β-unsaturated/α-hetero) is 2. The van der Waals surface area contributed by atoms with Crippen molar-refractivity contribution in [2.45, 2.75) is 90.9 Å². The van der Waals surface area contributed by atoms with Gasteiger partial charge in [0.2, 0.25) is 0 Å². The lowest BCUT2D eigenvalue weighted by molar-refractivity contribution is -0.193. The van der Waals surface area contributed by atoms with Crippen molar-refractivity contribution in [3.63, 3.8) is 0 Å². The van der Waals surface area contributed by atoms with Crippen LogP contribution in [0.3, 0.4) is 0 Å². The molecule has 0 amide bonds. The molecule has 7 nitrogen and oxygen atoms in total. The molecule has 1 saturated heterocycles. The highest BCUT2D eigenvalue weighted by Gasteiger charge is 2.52. The molecule has 0 aromatic rings. The maximum Gasteiger partial charge on any atom is 0.351 e. The summed E-state index contributed by atoms with van der Waals surface area (Å²) in [4.78, 5) is 38.4. The molecule has 174 valence electrons. The summed E-state index contributed by atoms with van der Waals surface area (Å²) in [5.41, 5.74) is -5.97. The molecule has 2 N–H and O–H groups in total. The molecule has 9 atom stereocenters. The number of ether oxygens (including phenoxy) is 2. The molecule has 0 aliphatic carbocycles. The summed E-state index contributed by atoms with van der Waals surface area (Å²) in [6.45, 7) is 11.4. The number of alkyl halides is 1. The number of cyclic esters (lactones) is 1. The monoisotopic (exact) mass is 432 g/mol. The van der Waals surface area contributed by atoms with Crippen molar-refractivity contribution in [1.82, 2.24) is 0 Å². The van der Waals surface area contributed by atoms with Crippen LogP contribution in [-0.2, 0) is 23.9 Å². The molecule has 1 rings (SSSR count). The molecule has 0 aromatic heterocycles. The Bertz CT molecular complexity index is 674. The smallest absolute Gasteiger partial charge is 0.351 e. The predicted molar refractivity (Wildman–Crippen MR) is 108 cm³/mol. The van der Waals surface area contributed by atoms with Crippen molar-refractivity contribution < 1.29 is 38.5 Å². The van der Waals surface area contributed by atoms with E-state index in [2.05, 4.69) is 0 Å². The average Bonchev–Trinajstić information content (AvgIpc) is 2.68. The van der Waals surface area contributed by atoms with Gasteiger partial charge >= 0.3 is 5.97 Å². The van der Waals surface area contributed by atoms with Crippen LogP contribution >= 0.6 is 0 Å². The Morgan fingerprint density at radius 3 is 2.00 bits per heavy atom. The van der Waals surface area contributed by atoms with E-state index in [-0.39, 0.29) is 12.2 Å². The van der Waals surface area contributed by atoms with Gasteiger partial charge < -0.3 is 19.7 Å². The Kier molecular flexibility index (Phi) is 8.00. The number of aliphatic hydroxyl groups excluding tert-OH is 1. The third kappa shape index (κ3) is 4.75. The largest absolute Gasteiger partial charge is 0.457 e. The molecule has 1 heterocycles. The molecular weight excluding hydrogens is 395 g/mol. The number of hydrogen-bond acceptors (Lipinski definition) is 7. The molecule has 30 heavy (non-hydrogen) atoms. The second-order valence-corrected chi connectivity index (χ2v) is 9.48. The second kappa shape index (κ2) is 9.01. The van der Waals surface area contributed by atoms with Gasteiger partial charge in [-0.15, -0.1) is 0 Å². The summed E-state index contributed by atoms with van der Waals surface area (Å²) < 4.78 is 26.0. The molecule has 1 aliphatic rings. The summed E-state index contributed by atoms with van der Waals surface area (Å²) in [7, 11) is 1.45. The minimum atomic E-state index is -2.95. The van der Waals surface area contributed by atoms with Gasteiger partial charge in [-0.25, -0.2) is 9.18 Å². The van der Waals surface area contributed by atoms with E-state index >= 15 is 4.39 Å². The van der Waals surface area contributed by atoms with Gasteiger partial charge in [-0.05, 0) is 40.0 Å². The summed E-state index contributed by atoms with van der Waals surface area (Å²) in [6.07, 6.45) is -2.73. The number of carbonyl (C=O) groups excluding carboxylic acids is 3. The highest BCUT2D eigenvalue weighted by molar-refractivity contribution is 6.07. The van der Waals surface area contributed by atoms with Gasteiger partial charge in [0.25, 0.3) is 5.67 Å². The quantitative estimate of drug-likeness (QED) is 0.483. The standard InChI is InChI=1S/C22H37FO7/c1-11-10-20(6,29-9)14(4)12(2)17(25)21(7,23)19(27)30-15(5)22(8,28)18(26)13(3)16(11)24/h11-15,18,26,28H,10H2,1-9H3/t11-,12-,13+,14-,15-,18-,20-,21+,22-/m1/s1. The van der Waals surface area contributed by atoms with Crippen LogP contribution in [0.25, 0.3) is 0 Å². The van der Waals surface area contributed by atoms with Crippen molar-refractivity contribution in [2.24, 2.45) is 23.7 Å². The first kappa shape index (κ1) is 26.7. The van der Waals surface area contributed by atoms with Crippen molar-refractivity contribution in [2.75, 3.05) is 7.11 Å². The van der Waals surface area contributed by atoms with Crippen LogP contribution < -0.4 is 0 Å². The Morgan fingerprint density at radius 2 is 1.53 bits per heavy atom. The van der Waals surface area contributed by atoms with Crippen LogP contribution in [0.5, 0.6) is 0 Å². The Balaban J connectivity index is 3.54. The second-order valence-electron chi connectivity index (χ2n) is 9.48. The molecular formula is C22H37FO7. The highest BCUT2D eigenvalue weighted by atomic mass is 19.1. The van der Waals surface area contributed by atoms with Crippen molar-refractivity contribution in [3.05, 3.63) is 0 Å². The first-order valence-electron chi connectivity index (χ1n) is 10.4. The Morgan fingerprint density at radius 1 is 1.03 bits per heavy atom. The Hall–Kier alpha value is -1.38. The van der Waals surface area contributed by atoms with Crippen LogP contribution in [0, 0.1) is 23.7 Å². The van der Waals surface area contributed by atoms with Crippen LogP contribution in [0.1, 0.15) is 61.8 Å². The number of esters is 1. The maximum atomic E-state index is 15.3. The fourth-order valence-electron chi connectivity index (χ4n) is 4.19. The van der Waals surface area contributed by atoms with E-state index in [1.54, 1.807) is 20.8 Å². The minimum absolute atomic E-state index is 0.212. The van der Waals surface area contributed by atoms with E-state index in [1.165, 1.54) is 34.8 Å². The molecule has 8 heteroatoms. The fraction of sp³-hybridized carbons (Fsp3) is 0.864. The first-order valence-corrected chi connectivity index (χ1v) is 10.4. The van der Waals surface area contributed by atoms with E-state index < -0.39 is 64.5 Å². The van der Waals surface area contributed by atoms with Crippen molar-refractivity contribution >= 4 is 17.5 Å². The van der Waals surface area contributed by atoms with E-state index in [9.17, 15) is 24.6 Å². The number of hydrogen-bond donors (Lipinski definition) is 2. The molecule has 0 radical (unpaired) electrons. The van der Waals surface area contributed by atoms with E-state index in [4.69, 9.17) is 9.47 Å². The van der Waals surface area contributed by atoms with Gasteiger partial charge in [-0.1, -0.05) is 27.7 Å². The van der Waals surface area contributed by atoms with Crippen LogP contribution in [0.2, 0.25) is 0 Å². The molecule has 0 saturated carbocycles. The summed E-state index contributed by atoms with van der Waals surface area (Å²) in [6, 6.07) is 0. The molecule has 1 aliphatic heterocycles. The summed E-state index contributed by atoms with van der Waals surface area (Å²) >= 11 is 0. The Labute approximate surface area is 178 Å². The zero-order valence-electron chi connectivity index (χ0n) is 19.5. The zero-order chi connectivity index (χ0) is 23.8. The minimum Gasteiger partial charge on any atom is -0.457 e. The number of methoxy groups -OCH3 is 1. The van der Waals surface area contributed by atoms with Crippen LogP contribution in [0.15, 0.2) is 0 Å². The number of ketones is 2. The van der Waals surface area contributed by atoms with Crippen molar-refractivity contribution in [3.8, 4) is 0 Å². The summed E-state index contributed by atoms with van der Waals surface area (Å²) in [5, 5.41) is 21.5. The molecule has 1 fully saturated rings. The number of carbonyl (C=O) groups is 3. The van der Waals surface area contributed by atoms with Gasteiger partial charge in [0.15, 0.2) is 5.78 Å². The van der Waals surface area contributed by atoms with Gasteiger partial charge in [-0.3, -0.25) is 9.59 Å². The lowest BCUT2D eigenvalue weighted by atomic mass is 9.71. The van der Waals surface area contributed by atoms with Gasteiger partial charge in [-0.2, -0.15) is 0 Å². The number of rotatable bonds is 1. The van der Waals surface area contributed by atoms with Gasteiger partial charge in [0.05, 0.1) is 11.7 Å². The SMILES string of the molecule is CO[C@]1(C)C[C@@H](C)C(=O)[C@H](C)[C@@H](O)[C@](C)(O)[C@@H](C)OC(=O)[C@@](C)(F)C(=O)[C@H](C)[C@H]1C. The van der Waals surface area contributed by atoms with Crippen LogP contribution in [-0.4, -0.2) is 63.9 Å². The van der Waals surface area contributed by atoms with E-state index in [0.717, 1.165) is 6.92 Å². The number of aliphatic hydroxyl groups is 2. The summed E-state index contributed by atoms with van der Waals surface area (Å²) in [5.74, 6) is -5.72. The van der Waals surface area contributed by atoms with Gasteiger partial charge in [0.1, 0.15) is 17.5 Å².